The molecule has 1 heterocycles. The Labute approximate surface area is 100 Å². The van der Waals surface area contributed by atoms with Gasteiger partial charge in [0.05, 0.1) is 13.2 Å². The van der Waals surface area contributed by atoms with Crippen molar-refractivity contribution >= 4 is 0 Å². The van der Waals surface area contributed by atoms with E-state index in [1.807, 2.05) is 42.1 Å². The van der Waals surface area contributed by atoms with Gasteiger partial charge in [-0.1, -0.05) is 12.1 Å². The third kappa shape index (κ3) is 3.07. The van der Waals surface area contributed by atoms with Crippen LogP contribution in [0.3, 0.4) is 0 Å². The van der Waals surface area contributed by atoms with Crippen molar-refractivity contribution in [3.8, 4) is 5.75 Å². The summed E-state index contributed by atoms with van der Waals surface area (Å²) in [6.45, 7) is 0.688. The molecule has 1 aromatic heterocycles. The molecule has 1 N–H and O–H groups in total. The second kappa shape index (κ2) is 5.50. The SMILES string of the molecule is Cn1nccc1CCOc1ccc(CO)cc1. The van der Waals surface area contributed by atoms with E-state index in [-0.39, 0.29) is 6.61 Å². The summed E-state index contributed by atoms with van der Waals surface area (Å²) in [4.78, 5) is 0. The van der Waals surface area contributed by atoms with Gasteiger partial charge in [0, 0.05) is 25.4 Å². The summed E-state index contributed by atoms with van der Waals surface area (Å²) in [5.74, 6) is 0.823. The molecule has 0 fully saturated rings. The first-order valence-electron chi connectivity index (χ1n) is 5.59. The fourth-order valence-corrected chi connectivity index (χ4v) is 1.61. The highest BCUT2D eigenvalue weighted by molar-refractivity contribution is 5.26. The second-order valence-corrected chi connectivity index (χ2v) is 3.85. The summed E-state index contributed by atoms with van der Waals surface area (Å²) in [6.07, 6.45) is 2.61. The summed E-state index contributed by atoms with van der Waals surface area (Å²) >= 11 is 0. The number of nitrogens with zero attached hydrogens (tertiary/aromatic N) is 2. The van der Waals surface area contributed by atoms with Crippen LogP contribution in [0.2, 0.25) is 0 Å². The van der Waals surface area contributed by atoms with Crippen molar-refractivity contribution < 1.29 is 9.84 Å². The summed E-state index contributed by atoms with van der Waals surface area (Å²) in [6, 6.07) is 9.45. The molecule has 0 aliphatic rings. The Hall–Kier alpha value is -1.81. The van der Waals surface area contributed by atoms with Crippen LogP contribution in [-0.4, -0.2) is 21.5 Å². The topological polar surface area (TPSA) is 47.3 Å². The molecular formula is C13H16N2O2. The average molecular weight is 232 g/mol. The lowest BCUT2D eigenvalue weighted by molar-refractivity contribution is 0.281. The Bertz CT molecular complexity index is 463. The van der Waals surface area contributed by atoms with E-state index < -0.39 is 0 Å². The van der Waals surface area contributed by atoms with Gasteiger partial charge in [0.1, 0.15) is 5.75 Å². The maximum Gasteiger partial charge on any atom is 0.119 e. The molecule has 0 radical (unpaired) electrons. The molecular weight excluding hydrogens is 216 g/mol. The number of ether oxygens (including phenoxy) is 1. The molecule has 4 nitrogen and oxygen atoms in total. The number of benzene rings is 1. The monoisotopic (exact) mass is 232 g/mol. The zero-order valence-corrected chi connectivity index (χ0v) is 9.84. The number of aliphatic hydroxyl groups is 1. The zero-order valence-electron chi connectivity index (χ0n) is 9.84. The van der Waals surface area contributed by atoms with E-state index in [0.29, 0.717) is 6.61 Å². The summed E-state index contributed by atoms with van der Waals surface area (Å²) < 4.78 is 7.46. The third-order valence-electron chi connectivity index (χ3n) is 2.66. The molecule has 90 valence electrons. The molecule has 0 unspecified atom stereocenters. The predicted molar refractivity (Wildman–Crippen MR) is 64.8 cm³/mol. The lowest BCUT2D eigenvalue weighted by Crippen LogP contribution is -2.05. The smallest absolute Gasteiger partial charge is 0.119 e. The van der Waals surface area contributed by atoms with Crippen molar-refractivity contribution in [2.75, 3.05) is 6.61 Å². The second-order valence-electron chi connectivity index (χ2n) is 3.85. The maximum atomic E-state index is 8.91. The fourth-order valence-electron chi connectivity index (χ4n) is 1.61. The molecule has 2 aromatic rings. The largest absolute Gasteiger partial charge is 0.493 e. The van der Waals surface area contributed by atoms with Crippen molar-refractivity contribution in [1.29, 1.82) is 0 Å². The van der Waals surface area contributed by atoms with Gasteiger partial charge in [-0.3, -0.25) is 4.68 Å². The predicted octanol–water partition coefficient (Wildman–Crippen LogP) is 1.53. The van der Waals surface area contributed by atoms with Crippen LogP contribution in [0.5, 0.6) is 5.75 Å². The zero-order chi connectivity index (χ0) is 12.1. The van der Waals surface area contributed by atoms with E-state index in [0.717, 1.165) is 23.4 Å². The van der Waals surface area contributed by atoms with Crippen molar-refractivity contribution in [1.82, 2.24) is 9.78 Å². The lowest BCUT2D eigenvalue weighted by Gasteiger charge is -2.06. The molecule has 17 heavy (non-hydrogen) atoms. The van der Waals surface area contributed by atoms with Gasteiger partial charge in [-0.15, -0.1) is 0 Å². The van der Waals surface area contributed by atoms with E-state index in [2.05, 4.69) is 5.10 Å². The Morgan fingerprint density at radius 1 is 1.24 bits per heavy atom. The van der Waals surface area contributed by atoms with Gasteiger partial charge in [0.2, 0.25) is 0 Å². The average Bonchev–Trinajstić information content (AvgIpc) is 2.76. The Kier molecular flexibility index (Phi) is 3.77. The highest BCUT2D eigenvalue weighted by Gasteiger charge is 1.99. The van der Waals surface area contributed by atoms with Crippen LogP contribution in [0.4, 0.5) is 0 Å². The minimum absolute atomic E-state index is 0.0648. The minimum Gasteiger partial charge on any atom is -0.493 e. The number of hydrogen-bond donors (Lipinski definition) is 1. The molecule has 1 aromatic carbocycles. The molecule has 0 bridgehead atoms. The van der Waals surface area contributed by atoms with Gasteiger partial charge in [-0.2, -0.15) is 5.10 Å². The first-order valence-corrected chi connectivity index (χ1v) is 5.59. The van der Waals surface area contributed by atoms with E-state index in [1.54, 1.807) is 6.20 Å². The summed E-state index contributed by atoms with van der Waals surface area (Å²) in [5, 5.41) is 13.0. The summed E-state index contributed by atoms with van der Waals surface area (Å²) in [5.41, 5.74) is 2.04. The first-order chi connectivity index (χ1) is 8.29. The molecule has 0 amide bonds. The van der Waals surface area contributed by atoms with E-state index in [4.69, 9.17) is 9.84 Å². The van der Waals surface area contributed by atoms with Gasteiger partial charge in [0.15, 0.2) is 0 Å². The number of hydrogen-bond acceptors (Lipinski definition) is 3. The van der Waals surface area contributed by atoms with Gasteiger partial charge in [-0.05, 0) is 23.8 Å². The van der Waals surface area contributed by atoms with Crippen LogP contribution < -0.4 is 4.74 Å². The first kappa shape index (κ1) is 11.7. The van der Waals surface area contributed by atoms with Gasteiger partial charge in [0.25, 0.3) is 0 Å². The van der Waals surface area contributed by atoms with Crippen LogP contribution >= 0.6 is 0 Å². The molecule has 0 aliphatic heterocycles. The minimum atomic E-state index is 0.0648. The number of aryl methyl sites for hydroxylation is 1. The molecule has 0 saturated carbocycles. The van der Waals surface area contributed by atoms with Crippen molar-refractivity contribution in [2.45, 2.75) is 13.0 Å². The van der Waals surface area contributed by atoms with Crippen molar-refractivity contribution in [3.63, 3.8) is 0 Å². The van der Waals surface area contributed by atoms with Crippen LogP contribution in [0.15, 0.2) is 36.5 Å². The van der Waals surface area contributed by atoms with E-state index in [1.165, 1.54) is 0 Å². The van der Waals surface area contributed by atoms with Crippen LogP contribution in [0, 0.1) is 0 Å². The van der Waals surface area contributed by atoms with Crippen molar-refractivity contribution in [2.24, 2.45) is 7.05 Å². The maximum absolute atomic E-state index is 8.91. The number of aromatic nitrogens is 2. The summed E-state index contributed by atoms with van der Waals surface area (Å²) in [7, 11) is 1.92. The molecule has 4 heteroatoms. The van der Waals surface area contributed by atoms with Gasteiger partial charge < -0.3 is 9.84 Å². The Balaban J connectivity index is 1.83. The van der Waals surface area contributed by atoms with E-state index in [9.17, 15) is 0 Å². The third-order valence-corrected chi connectivity index (χ3v) is 2.66. The molecule has 0 spiro atoms. The standard InChI is InChI=1S/C13H16N2O2/c1-15-12(6-8-14-15)7-9-17-13-4-2-11(10-16)3-5-13/h2-6,8,16H,7,9-10H2,1H3. The normalized spacial score (nSPS) is 10.5. The lowest BCUT2D eigenvalue weighted by atomic mass is 10.2. The van der Waals surface area contributed by atoms with Gasteiger partial charge in [-0.25, -0.2) is 0 Å². The van der Waals surface area contributed by atoms with E-state index >= 15 is 0 Å². The molecule has 0 saturated heterocycles. The molecule has 0 atom stereocenters. The number of rotatable bonds is 5. The van der Waals surface area contributed by atoms with Crippen LogP contribution in [0.1, 0.15) is 11.3 Å². The highest BCUT2D eigenvalue weighted by Crippen LogP contribution is 2.12. The Morgan fingerprint density at radius 2 is 2.00 bits per heavy atom. The van der Waals surface area contributed by atoms with Crippen molar-refractivity contribution in [3.05, 3.63) is 47.8 Å². The van der Waals surface area contributed by atoms with Crippen LogP contribution in [-0.2, 0) is 20.1 Å². The molecule has 2 rings (SSSR count). The number of aliphatic hydroxyl groups excluding tert-OH is 1. The Morgan fingerprint density at radius 3 is 2.59 bits per heavy atom. The molecule has 0 aliphatic carbocycles. The van der Waals surface area contributed by atoms with Crippen LogP contribution in [0.25, 0.3) is 0 Å². The highest BCUT2D eigenvalue weighted by atomic mass is 16.5. The quantitative estimate of drug-likeness (QED) is 0.850. The fraction of sp³-hybridized carbons (Fsp3) is 0.308. The van der Waals surface area contributed by atoms with Gasteiger partial charge >= 0.3 is 0 Å².